The van der Waals surface area contributed by atoms with E-state index in [1.165, 1.54) is 18.6 Å². The number of benzene rings is 3. The van der Waals surface area contributed by atoms with Gasteiger partial charge in [0.1, 0.15) is 30.5 Å². The Balaban J connectivity index is 1.34. The molecule has 0 spiro atoms. The number of nitrogens with two attached hydrogens (primary N) is 1. The number of hydrogen-bond donors (Lipinski definition) is 4. The Labute approximate surface area is 294 Å². The summed E-state index contributed by atoms with van der Waals surface area (Å²) in [6.07, 6.45) is -4.49. The first-order chi connectivity index (χ1) is 23.4. The van der Waals surface area contributed by atoms with Gasteiger partial charge in [-0.25, -0.2) is 9.51 Å². The van der Waals surface area contributed by atoms with Crippen LogP contribution in [0, 0.1) is 10.8 Å². The SMILES string of the molecule is COc1nc(N)nc2c1nc(I)n2[C@@H]1O[C@H](CON([C@@H](CC(=O)O)c2ccccc2C)[P+](=O)Oc2cccc3ccccc23)[C@@H](O)[C@@]1(C)O. The highest BCUT2D eigenvalue weighted by atomic mass is 127. The van der Waals surface area contributed by atoms with Crippen molar-refractivity contribution in [1.82, 2.24) is 24.4 Å². The van der Waals surface area contributed by atoms with Crippen molar-refractivity contribution in [3.05, 3.63) is 81.7 Å². The quantitative estimate of drug-likeness (QED) is 0.0586. The van der Waals surface area contributed by atoms with Crippen LogP contribution < -0.4 is 15.0 Å². The van der Waals surface area contributed by atoms with E-state index in [9.17, 15) is 24.7 Å². The van der Waals surface area contributed by atoms with E-state index in [1.807, 2.05) is 52.9 Å². The molecule has 0 saturated carbocycles. The number of aliphatic carboxylic acids is 1. The van der Waals surface area contributed by atoms with Gasteiger partial charge in [-0.15, -0.1) is 0 Å². The van der Waals surface area contributed by atoms with Gasteiger partial charge in [-0.05, 0) is 36.4 Å². The molecule has 1 unspecified atom stereocenters. The van der Waals surface area contributed by atoms with Crippen LogP contribution in [0.3, 0.4) is 0 Å². The molecule has 0 radical (unpaired) electrons. The number of aryl methyl sites for hydroxylation is 1. The van der Waals surface area contributed by atoms with Crippen LogP contribution in [0.5, 0.6) is 11.6 Å². The minimum atomic E-state index is -2.91. The second kappa shape index (κ2) is 14.1. The second-order valence-corrected chi connectivity index (χ2v) is 13.6. The average molecular weight is 804 g/mol. The zero-order chi connectivity index (χ0) is 35.0. The zero-order valence-electron chi connectivity index (χ0n) is 26.5. The molecule has 49 heavy (non-hydrogen) atoms. The van der Waals surface area contributed by atoms with Gasteiger partial charge in [0.15, 0.2) is 27.0 Å². The predicted octanol–water partition coefficient (Wildman–Crippen LogP) is 4.68. The van der Waals surface area contributed by atoms with Gasteiger partial charge in [0.05, 0.1) is 18.4 Å². The van der Waals surface area contributed by atoms with Gasteiger partial charge < -0.3 is 30.5 Å². The Bertz CT molecular complexity index is 2040. The molecular formula is C32H33IN6O9P+. The smallest absolute Gasteiger partial charge is 0.481 e. The molecule has 3 heterocycles. The molecule has 5 aromatic rings. The molecule has 17 heteroatoms. The van der Waals surface area contributed by atoms with E-state index >= 15 is 0 Å². The summed E-state index contributed by atoms with van der Waals surface area (Å²) in [5.41, 5.74) is 5.72. The van der Waals surface area contributed by atoms with Crippen molar-refractivity contribution in [3.63, 3.8) is 0 Å². The number of methoxy groups -OCH3 is 1. The number of carboxylic acid groups (broad SMARTS) is 1. The standard InChI is InChI=1S/C32H32IN6O9P/c1-17-9-4-6-12-19(17)21(15-24(40)41)39(49(44)48-22-14-8-11-18-10-5-7-13-20(18)22)46-16-23-26(42)32(2,43)29(47-23)38-27-25(35-30(38)33)28(45-3)37-31(34)36-27/h4-14,21,23,26,29,42-43H,15-16H2,1-3H3,(H2-,34,36,37,40,41)/p+1/t21-,23+,26+,29+,32+/m0/s1. The van der Waals surface area contributed by atoms with Crippen LogP contribution in [0.25, 0.3) is 21.9 Å². The summed E-state index contributed by atoms with van der Waals surface area (Å²) in [6.45, 7) is 2.73. The Kier molecular flexibility index (Phi) is 10.00. The highest BCUT2D eigenvalue weighted by Gasteiger charge is 2.55. The molecular weight excluding hydrogens is 770 g/mol. The van der Waals surface area contributed by atoms with E-state index in [-0.39, 0.29) is 23.0 Å². The normalized spacial score (nSPS) is 21.7. The van der Waals surface area contributed by atoms with Crippen molar-refractivity contribution in [1.29, 1.82) is 0 Å². The number of aliphatic hydroxyl groups is 2. The summed E-state index contributed by atoms with van der Waals surface area (Å²) < 4.78 is 33.4. The lowest BCUT2D eigenvalue weighted by atomic mass is 9.96. The van der Waals surface area contributed by atoms with Crippen LogP contribution >= 0.6 is 30.8 Å². The molecule has 15 nitrogen and oxygen atoms in total. The number of imidazole rings is 1. The van der Waals surface area contributed by atoms with Crippen LogP contribution in [-0.4, -0.2) is 77.2 Å². The Morgan fingerprint density at radius 3 is 2.59 bits per heavy atom. The first-order valence-corrected chi connectivity index (χ1v) is 17.2. The van der Waals surface area contributed by atoms with E-state index in [0.29, 0.717) is 20.5 Å². The Morgan fingerprint density at radius 2 is 1.86 bits per heavy atom. The summed E-state index contributed by atoms with van der Waals surface area (Å²) in [5, 5.41) is 34.4. The molecule has 1 aliphatic rings. The van der Waals surface area contributed by atoms with Crippen LogP contribution in [-0.2, 0) is 18.9 Å². The maximum absolute atomic E-state index is 14.1. The third-order valence-electron chi connectivity index (χ3n) is 8.30. The second-order valence-electron chi connectivity index (χ2n) is 11.6. The third kappa shape index (κ3) is 6.77. The number of aliphatic hydroxyl groups excluding tert-OH is 1. The summed E-state index contributed by atoms with van der Waals surface area (Å²) in [5.74, 6) is -0.867. The number of anilines is 1. The molecule has 5 N–H and O–H groups in total. The van der Waals surface area contributed by atoms with Crippen molar-refractivity contribution in [2.75, 3.05) is 19.5 Å². The lowest BCUT2D eigenvalue weighted by molar-refractivity contribution is -0.169. The molecule has 1 fully saturated rings. The van der Waals surface area contributed by atoms with E-state index in [0.717, 1.165) is 15.8 Å². The average Bonchev–Trinajstić information content (AvgIpc) is 3.50. The van der Waals surface area contributed by atoms with Crippen molar-refractivity contribution in [3.8, 4) is 11.6 Å². The van der Waals surface area contributed by atoms with Crippen LogP contribution in [0.1, 0.15) is 36.7 Å². The number of fused-ring (bicyclic) bond motifs is 2. The number of hydrogen-bond acceptors (Lipinski definition) is 12. The fraction of sp³-hybridized carbons (Fsp3) is 0.312. The number of rotatable bonds is 12. The van der Waals surface area contributed by atoms with Crippen LogP contribution in [0.4, 0.5) is 5.95 Å². The first-order valence-electron chi connectivity index (χ1n) is 15.0. The minimum Gasteiger partial charge on any atom is -0.481 e. The molecule has 3 aromatic carbocycles. The van der Waals surface area contributed by atoms with Gasteiger partial charge in [0, 0.05) is 32.5 Å². The molecule has 256 valence electrons. The number of nitrogen functional groups attached to an aromatic ring is 1. The van der Waals surface area contributed by atoms with Crippen LogP contribution in [0.2, 0.25) is 0 Å². The maximum Gasteiger partial charge on any atom is 0.693 e. The largest absolute Gasteiger partial charge is 0.693 e. The fourth-order valence-electron chi connectivity index (χ4n) is 5.87. The third-order valence-corrected chi connectivity index (χ3v) is 10.1. The molecule has 0 aliphatic carbocycles. The van der Waals surface area contributed by atoms with E-state index in [1.54, 1.807) is 43.3 Å². The van der Waals surface area contributed by atoms with Gasteiger partial charge in [-0.3, -0.25) is 14.2 Å². The number of carbonyl (C=O) groups is 1. The van der Waals surface area contributed by atoms with Gasteiger partial charge in [-0.2, -0.15) is 9.97 Å². The number of nitrogens with zero attached hydrogens (tertiary/aromatic N) is 5. The topological polar surface area (TPSA) is 205 Å². The molecule has 6 rings (SSSR count). The van der Waals surface area contributed by atoms with Gasteiger partial charge in [0.2, 0.25) is 11.8 Å². The van der Waals surface area contributed by atoms with Crippen molar-refractivity contribution >= 4 is 64.6 Å². The summed E-state index contributed by atoms with van der Waals surface area (Å²) in [6, 6.07) is 18.6. The number of halogens is 1. The molecule has 6 atom stereocenters. The summed E-state index contributed by atoms with van der Waals surface area (Å²) in [4.78, 5) is 32.1. The molecule has 0 bridgehead atoms. The molecule has 1 aliphatic heterocycles. The van der Waals surface area contributed by atoms with E-state index in [4.69, 9.17) is 24.6 Å². The minimum absolute atomic E-state index is 0.105. The maximum atomic E-state index is 14.1. The van der Waals surface area contributed by atoms with Gasteiger partial charge in [-0.1, -0.05) is 60.7 Å². The number of hydroxylamine groups is 1. The Morgan fingerprint density at radius 1 is 1.14 bits per heavy atom. The lowest BCUT2D eigenvalue weighted by Crippen LogP contribution is -2.45. The fourth-order valence-corrected chi connectivity index (χ4v) is 7.60. The highest BCUT2D eigenvalue weighted by molar-refractivity contribution is 14.1. The lowest BCUT2D eigenvalue weighted by Gasteiger charge is -2.27. The highest BCUT2D eigenvalue weighted by Crippen LogP contribution is 2.45. The molecule has 0 amide bonds. The monoisotopic (exact) mass is 803 g/mol. The number of aromatic nitrogens is 4. The first kappa shape index (κ1) is 34.8. The van der Waals surface area contributed by atoms with Crippen LogP contribution in [0.15, 0.2) is 66.7 Å². The molecule has 1 saturated heterocycles. The van der Waals surface area contributed by atoms with Gasteiger partial charge >= 0.3 is 14.1 Å². The van der Waals surface area contributed by atoms with E-state index in [2.05, 4.69) is 15.0 Å². The van der Waals surface area contributed by atoms with Gasteiger partial charge in [0.25, 0.3) is 0 Å². The Hall–Kier alpha value is -4.03. The predicted molar refractivity (Wildman–Crippen MR) is 186 cm³/mol. The molecule has 2 aromatic heterocycles. The summed E-state index contributed by atoms with van der Waals surface area (Å²) in [7, 11) is -1.50. The number of carboxylic acids is 1. The number of ether oxygens (including phenoxy) is 2. The zero-order valence-corrected chi connectivity index (χ0v) is 29.6. The van der Waals surface area contributed by atoms with Crippen molar-refractivity contribution < 1.29 is 43.5 Å². The summed E-state index contributed by atoms with van der Waals surface area (Å²) >= 11 is 1.93. The van der Waals surface area contributed by atoms with Crippen molar-refractivity contribution in [2.45, 2.75) is 50.3 Å². The van der Waals surface area contributed by atoms with E-state index < -0.39 is 57.3 Å². The van der Waals surface area contributed by atoms with Crippen molar-refractivity contribution in [2.24, 2.45) is 0 Å².